The van der Waals surface area contributed by atoms with Crippen LogP contribution in [0.3, 0.4) is 0 Å². The fourth-order valence-corrected chi connectivity index (χ4v) is 4.16. The number of amides is 2. The van der Waals surface area contributed by atoms with Gasteiger partial charge in [-0.25, -0.2) is 4.39 Å². The van der Waals surface area contributed by atoms with Crippen LogP contribution in [0, 0.1) is 11.7 Å². The molecule has 4 nitrogen and oxygen atoms in total. The van der Waals surface area contributed by atoms with E-state index in [2.05, 4.69) is 6.92 Å². The van der Waals surface area contributed by atoms with E-state index in [1.165, 1.54) is 12.1 Å². The Morgan fingerprint density at radius 2 is 1.74 bits per heavy atom. The van der Waals surface area contributed by atoms with E-state index in [9.17, 15) is 14.0 Å². The van der Waals surface area contributed by atoms with Crippen LogP contribution in [0.2, 0.25) is 0 Å². The third-order valence-corrected chi connectivity index (χ3v) is 5.97. The molecule has 0 bridgehead atoms. The molecule has 0 radical (unpaired) electrons. The summed E-state index contributed by atoms with van der Waals surface area (Å²) >= 11 is 0. The quantitative estimate of drug-likeness (QED) is 0.711. The van der Waals surface area contributed by atoms with Gasteiger partial charge in [-0.2, -0.15) is 0 Å². The van der Waals surface area contributed by atoms with Crippen molar-refractivity contribution >= 4 is 11.8 Å². The molecule has 0 unspecified atom stereocenters. The predicted molar refractivity (Wildman–Crippen MR) is 104 cm³/mol. The maximum atomic E-state index is 12.9. The van der Waals surface area contributed by atoms with Crippen molar-refractivity contribution < 1.29 is 14.0 Å². The Kier molecular flexibility index (Phi) is 6.86. The zero-order chi connectivity index (χ0) is 19.2. The number of piperidine rings is 1. The van der Waals surface area contributed by atoms with Gasteiger partial charge >= 0.3 is 0 Å². The third-order valence-electron chi connectivity index (χ3n) is 5.97. The molecule has 2 aliphatic heterocycles. The molecule has 0 N–H and O–H groups in total. The second kappa shape index (κ2) is 9.34. The minimum atomic E-state index is -0.247. The van der Waals surface area contributed by atoms with Gasteiger partial charge in [-0.1, -0.05) is 19.1 Å². The minimum absolute atomic E-state index is 0.107. The first kappa shape index (κ1) is 19.8. The highest BCUT2D eigenvalue weighted by atomic mass is 19.1. The molecule has 27 heavy (non-hydrogen) atoms. The van der Waals surface area contributed by atoms with Crippen molar-refractivity contribution in [3.63, 3.8) is 0 Å². The number of hydrogen-bond donors (Lipinski definition) is 0. The summed E-state index contributed by atoms with van der Waals surface area (Å²) in [6.45, 7) is 4.60. The second-order valence-corrected chi connectivity index (χ2v) is 8.09. The molecule has 2 amide bonds. The third kappa shape index (κ3) is 5.30. The lowest BCUT2D eigenvalue weighted by Gasteiger charge is -2.34. The number of benzene rings is 1. The average Bonchev–Trinajstić information content (AvgIpc) is 3.16. The van der Waals surface area contributed by atoms with Crippen LogP contribution in [0.15, 0.2) is 24.3 Å². The number of carbonyl (C=O) groups is 2. The molecule has 2 aliphatic rings. The van der Waals surface area contributed by atoms with E-state index >= 15 is 0 Å². The van der Waals surface area contributed by atoms with E-state index in [0.29, 0.717) is 18.9 Å². The molecule has 3 rings (SSSR count). The van der Waals surface area contributed by atoms with E-state index < -0.39 is 0 Å². The number of hydrogen-bond acceptors (Lipinski definition) is 2. The van der Waals surface area contributed by atoms with Gasteiger partial charge in [0.25, 0.3) is 0 Å². The molecule has 148 valence electrons. The molecule has 0 aromatic heterocycles. The summed E-state index contributed by atoms with van der Waals surface area (Å²) in [6.07, 6.45) is 6.88. The fourth-order valence-electron chi connectivity index (χ4n) is 4.16. The van der Waals surface area contributed by atoms with Gasteiger partial charge in [0.05, 0.1) is 0 Å². The smallest absolute Gasteiger partial charge is 0.245 e. The molecular formula is C22H31FN2O2. The number of aryl methyl sites for hydroxylation is 1. The van der Waals surface area contributed by atoms with Crippen LogP contribution in [0.1, 0.15) is 57.4 Å². The van der Waals surface area contributed by atoms with Crippen molar-refractivity contribution in [1.82, 2.24) is 9.80 Å². The minimum Gasteiger partial charge on any atom is -0.341 e. The van der Waals surface area contributed by atoms with Crippen LogP contribution >= 0.6 is 0 Å². The zero-order valence-corrected chi connectivity index (χ0v) is 16.3. The Labute approximate surface area is 161 Å². The molecular weight excluding hydrogens is 343 g/mol. The highest BCUT2D eigenvalue weighted by Crippen LogP contribution is 2.24. The highest BCUT2D eigenvalue weighted by molar-refractivity contribution is 5.88. The molecule has 1 atom stereocenters. The van der Waals surface area contributed by atoms with Gasteiger partial charge in [0.15, 0.2) is 0 Å². The summed E-state index contributed by atoms with van der Waals surface area (Å²) in [7, 11) is 0. The van der Waals surface area contributed by atoms with Gasteiger partial charge in [-0.15, -0.1) is 0 Å². The lowest BCUT2D eigenvalue weighted by Crippen LogP contribution is -2.49. The number of unbranched alkanes of at least 4 members (excludes halogenated alkanes) is 1. The Balaban J connectivity index is 1.44. The Hall–Kier alpha value is -1.91. The molecule has 1 aromatic carbocycles. The molecule has 1 aromatic rings. The fraction of sp³-hybridized carbons (Fsp3) is 0.636. The van der Waals surface area contributed by atoms with Crippen LogP contribution in [0.5, 0.6) is 0 Å². The van der Waals surface area contributed by atoms with Gasteiger partial charge < -0.3 is 9.80 Å². The summed E-state index contributed by atoms with van der Waals surface area (Å²) in [6, 6.07) is 6.30. The first-order valence-corrected chi connectivity index (χ1v) is 10.4. The zero-order valence-electron chi connectivity index (χ0n) is 16.3. The monoisotopic (exact) mass is 374 g/mol. The largest absolute Gasteiger partial charge is 0.341 e. The normalized spacial score (nSPS) is 20.9. The van der Waals surface area contributed by atoms with Crippen LogP contribution in [-0.4, -0.2) is 47.3 Å². The molecule has 2 saturated heterocycles. The van der Waals surface area contributed by atoms with Crippen LogP contribution in [-0.2, 0) is 16.0 Å². The predicted octanol–water partition coefficient (Wildman–Crippen LogP) is 3.79. The van der Waals surface area contributed by atoms with Gasteiger partial charge in [0, 0.05) is 26.1 Å². The summed E-state index contributed by atoms with van der Waals surface area (Å²) in [4.78, 5) is 29.3. The molecule has 0 spiro atoms. The number of halogens is 1. The van der Waals surface area contributed by atoms with Gasteiger partial charge in [-0.3, -0.25) is 9.59 Å². The molecule has 2 heterocycles. The summed E-state index contributed by atoms with van der Waals surface area (Å²) < 4.78 is 12.9. The van der Waals surface area contributed by atoms with Crippen molar-refractivity contribution in [2.75, 3.05) is 19.6 Å². The van der Waals surface area contributed by atoms with Crippen LogP contribution in [0.4, 0.5) is 4.39 Å². The molecule has 5 heteroatoms. The number of nitrogens with zero attached hydrogens (tertiary/aromatic N) is 2. The van der Waals surface area contributed by atoms with Crippen molar-refractivity contribution in [1.29, 1.82) is 0 Å². The van der Waals surface area contributed by atoms with E-state index in [0.717, 1.165) is 63.6 Å². The van der Waals surface area contributed by atoms with E-state index in [-0.39, 0.29) is 23.7 Å². The van der Waals surface area contributed by atoms with Gasteiger partial charge in [0.1, 0.15) is 11.9 Å². The Morgan fingerprint density at radius 3 is 2.44 bits per heavy atom. The standard InChI is InChI=1S/C22H31FN2O2/c1-17-12-15-24(16-13-17)22(27)20-6-4-14-25(20)21(26)7-3-2-5-18-8-10-19(23)11-9-18/h8-11,17,20H,2-7,12-16H2,1H3/t20-/m0/s1. The second-order valence-electron chi connectivity index (χ2n) is 8.09. The van der Waals surface area contributed by atoms with Crippen LogP contribution < -0.4 is 0 Å². The summed E-state index contributed by atoms with van der Waals surface area (Å²) in [5.41, 5.74) is 1.09. The maximum Gasteiger partial charge on any atom is 0.245 e. The first-order valence-electron chi connectivity index (χ1n) is 10.4. The molecule has 0 aliphatic carbocycles. The van der Waals surface area contributed by atoms with Crippen molar-refractivity contribution in [2.24, 2.45) is 5.92 Å². The van der Waals surface area contributed by atoms with Crippen molar-refractivity contribution in [2.45, 2.75) is 64.3 Å². The lowest BCUT2D eigenvalue weighted by atomic mass is 9.98. The maximum absolute atomic E-state index is 12.9. The average molecular weight is 375 g/mol. The highest BCUT2D eigenvalue weighted by Gasteiger charge is 2.36. The first-order chi connectivity index (χ1) is 13.0. The number of carbonyl (C=O) groups excluding carboxylic acids is 2. The van der Waals surface area contributed by atoms with Gasteiger partial charge in [0.2, 0.25) is 11.8 Å². The molecule has 0 saturated carbocycles. The van der Waals surface area contributed by atoms with Crippen LogP contribution in [0.25, 0.3) is 0 Å². The summed E-state index contributed by atoms with van der Waals surface area (Å²) in [5, 5.41) is 0. The Morgan fingerprint density at radius 1 is 1.04 bits per heavy atom. The van der Waals surface area contributed by atoms with E-state index in [1.807, 2.05) is 9.80 Å². The number of likely N-dealkylation sites (tertiary alicyclic amines) is 2. The van der Waals surface area contributed by atoms with Crippen molar-refractivity contribution in [3.8, 4) is 0 Å². The van der Waals surface area contributed by atoms with Gasteiger partial charge in [-0.05, 0) is 68.6 Å². The SMILES string of the molecule is CC1CCN(C(=O)[C@@H]2CCCN2C(=O)CCCCc2ccc(F)cc2)CC1. The molecule has 2 fully saturated rings. The lowest BCUT2D eigenvalue weighted by molar-refractivity contribution is -0.144. The summed E-state index contributed by atoms with van der Waals surface area (Å²) in [5.74, 6) is 0.729. The Bertz CT molecular complexity index is 638. The number of rotatable bonds is 6. The van der Waals surface area contributed by atoms with E-state index in [1.54, 1.807) is 12.1 Å². The van der Waals surface area contributed by atoms with Crippen molar-refractivity contribution in [3.05, 3.63) is 35.6 Å². The topological polar surface area (TPSA) is 40.6 Å². The van der Waals surface area contributed by atoms with E-state index in [4.69, 9.17) is 0 Å².